The number of nitrogens with one attached hydrogen (secondary N) is 2. The van der Waals surface area contributed by atoms with Gasteiger partial charge >= 0.3 is 0 Å². The highest BCUT2D eigenvalue weighted by atomic mass is 16.5. The number of hydrazone groups is 1. The summed E-state index contributed by atoms with van der Waals surface area (Å²) in [6.07, 6.45) is -0.882. The number of benzene rings is 3. The van der Waals surface area contributed by atoms with Crippen LogP contribution in [0.4, 0.5) is 5.69 Å². The van der Waals surface area contributed by atoms with E-state index in [1.54, 1.807) is 12.1 Å². The molecular formula is C25H23N5O2. The number of hydrogen-bond donors (Lipinski definition) is 2. The average Bonchev–Trinajstić information content (AvgIpc) is 3.09. The maximum absolute atomic E-state index is 13.0. The van der Waals surface area contributed by atoms with Crippen LogP contribution in [0.1, 0.15) is 16.7 Å². The third-order valence-corrected chi connectivity index (χ3v) is 5.35. The van der Waals surface area contributed by atoms with Gasteiger partial charge in [-0.1, -0.05) is 78.9 Å². The number of hydrogen-bond acceptors (Lipinski definition) is 6. The van der Waals surface area contributed by atoms with Gasteiger partial charge in [0.05, 0.1) is 17.8 Å². The molecule has 1 amide bonds. The Morgan fingerprint density at radius 1 is 0.969 bits per heavy atom. The van der Waals surface area contributed by atoms with Crippen LogP contribution in [0.2, 0.25) is 0 Å². The van der Waals surface area contributed by atoms with E-state index in [-0.39, 0.29) is 5.91 Å². The van der Waals surface area contributed by atoms with Crippen molar-refractivity contribution in [2.75, 3.05) is 12.4 Å². The first-order valence-corrected chi connectivity index (χ1v) is 10.5. The molecule has 2 heterocycles. The lowest BCUT2D eigenvalue weighted by Gasteiger charge is -2.22. The Balaban J connectivity index is 1.39. The monoisotopic (exact) mass is 425 g/mol. The van der Waals surface area contributed by atoms with Crippen molar-refractivity contribution in [1.82, 2.24) is 10.3 Å². The van der Waals surface area contributed by atoms with E-state index in [1.165, 1.54) is 0 Å². The molecule has 3 aromatic rings. The zero-order valence-electron chi connectivity index (χ0n) is 17.6. The van der Waals surface area contributed by atoms with Gasteiger partial charge in [-0.25, -0.2) is 10.3 Å². The van der Waals surface area contributed by atoms with Crippen LogP contribution >= 0.6 is 0 Å². The van der Waals surface area contributed by atoms with Gasteiger partial charge in [0.2, 0.25) is 12.2 Å². The lowest BCUT2D eigenvalue weighted by atomic mass is 10.0. The Morgan fingerprint density at radius 3 is 2.44 bits per heavy atom. The number of para-hydroxylation sites is 1. The Bertz CT molecular complexity index is 1180. The van der Waals surface area contributed by atoms with Gasteiger partial charge in [0.15, 0.2) is 6.17 Å². The highest BCUT2D eigenvalue weighted by Crippen LogP contribution is 2.24. The average molecular weight is 425 g/mol. The minimum absolute atomic E-state index is 0.253. The van der Waals surface area contributed by atoms with Crippen LogP contribution in [0.15, 0.2) is 95.0 Å². The van der Waals surface area contributed by atoms with E-state index in [0.29, 0.717) is 12.3 Å². The molecule has 2 atom stereocenters. The third-order valence-electron chi connectivity index (χ3n) is 5.35. The first kappa shape index (κ1) is 20.0. The molecule has 0 aliphatic carbocycles. The topological polar surface area (TPSA) is 78.3 Å². The van der Waals surface area contributed by atoms with Gasteiger partial charge in [-0.2, -0.15) is 0 Å². The van der Waals surface area contributed by atoms with E-state index in [1.807, 2.05) is 84.9 Å². The summed E-state index contributed by atoms with van der Waals surface area (Å²) in [4.78, 5) is 17.8. The smallest absolute Gasteiger partial charge is 0.264 e. The fourth-order valence-electron chi connectivity index (χ4n) is 3.78. The summed E-state index contributed by atoms with van der Waals surface area (Å²) in [7, 11) is 1.81. The molecule has 0 aromatic heterocycles. The maximum atomic E-state index is 13.0. The Labute approximate surface area is 186 Å². The van der Waals surface area contributed by atoms with Crippen LogP contribution in [0.25, 0.3) is 0 Å². The number of amides is 1. The van der Waals surface area contributed by atoms with Crippen molar-refractivity contribution in [1.29, 1.82) is 0 Å². The number of anilines is 1. The standard InChI is InChI=1S/C25H23N5O2/c1-30-25(32-21(29-30)16-17-10-4-2-5-11-17)28-23-24(31)26-20-15-9-8-14-19(20)22(27-23)18-12-6-3-7-13-18/h2-15,23,25,28H,16H2,1H3,(H,26,31). The largest absolute Gasteiger partial charge is 0.440 e. The quantitative estimate of drug-likeness (QED) is 0.658. The van der Waals surface area contributed by atoms with Crippen LogP contribution in [-0.2, 0) is 16.0 Å². The number of ether oxygens (including phenoxy) is 1. The van der Waals surface area contributed by atoms with Crippen LogP contribution in [-0.4, -0.2) is 42.1 Å². The second-order valence-electron chi connectivity index (χ2n) is 7.65. The normalized spacial score (nSPS) is 19.9. The van der Waals surface area contributed by atoms with Crippen molar-refractivity contribution in [3.8, 4) is 0 Å². The highest BCUT2D eigenvalue weighted by Gasteiger charge is 2.32. The molecule has 3 aromatic carbocycles. The Morgan fingerprint density at radius 2 is 1.66 bits per heavy atom. The van der Waals surface area contributed by atoms with Crippen LogP contribution in [0, 0.1) is 0 Å². The summed E-state index contributed by atoms with van der Waals surface area (Å²) in [6.45, 7) is 0. The third kappa shape index (κ3) is 4.10. The molecule has 2 N–H and O–H groups in total. The molecule has 0 bridgehead atoms. The van der Waals surface area contributed by atoms with Gasteiger partial charge in [-0.05, 0) is 11.6 Å². The predicted molar refractivity (Wildman–Crippen MR) is 124 cm³/mol. The second kappa shape index (κ2) is 8.64. The van der Waals surface area contributed by atoms with Gasteiger partial charge in [0.25, 0.3) is 5.91 Å². The SMILES string of the molecule is CN1N=C(Cc2ccccc2)OC1NC1N=C(c2ccccc2)c2ccccc2NC1=O. The molecule has 2 unspecified atom stereocenters. The summed E-state index contributed by atoms with van der Waals surface area (Å²) >= 11 is 0. The molecule has 32 heavy (non-hydrogen) atoms. The molecule has 160 valence electrons. The first-order valence-electron chi connectivity index (χ1n) is 10.5. The molecule has 2 aliphatic rings. The summed E-state index contributed by atoms with van der Waals surface area (Å²) in [5, 5.41) is 12.3. The van der Waals surface area contributed by atoms with E-state index < -0.39 is 12.5 Å². The van der Waals surface area contributed by atoms with E-state index in [9.17, 15) is 4.79 Å². The van der Waals surface area contributed by atoms with Gasteiger partial charge in [-0.3, -0.25) is 9.79 Å². The summed E-state index contributed by atoms with van der Waals surface area (Å²) in [5.41, 5.74) is 4.38. The van der Waals surface area contributed by atoms with Crippen molar-refractivity contribution in [2.24, 2.45) is 10.1 Å². The van der Waals surface area contributed by atoms with Crippen molar-refractivity contribution >= 4 is 23.2 Å². The molecule has 0 radical (unpaired) electrons. The van der Waals surface area contributed by atoms with Crippen LogP contribution in [0.3, 0.4) is 0 Å². The Kier molecular flexibility index (Phi) is 5.39. The van der Waals surface area contributed by atoms with Gasteiger partial charge in [-0.15, -0.1) is 5.10 Å². The lowest BCUT2D eigenvalue weighted by Crippen LogP contribution is -2.49. The molecule has 5 rings (SSSR count). The summed E-state index contributed by atoms with van der Waals surface area (Å²) in [6, 6.07) is 27.5. The van der Waals surface area contributed by atoms with Crippen molar-refractivity contribution in [3.63, 3.8) is 0 Å². The predicted octanol–water partition coefficient (Wildman–Crippen LogP) is 3.19. The number of rotatable bonds is 5. The minimum atomic E-state index is -0.851. The summed E-state index contributed by atoms with van der Waals surface area (Å²) in [5.74, 6) is 0.331. The second-order valence-corrected chi connectivity index (χ2v) is 7.65. The molecule has 0 saturated heterocycles. The first-order chi connectivity index (χ1) is 15.7. The number of nitrogens with zero attached hydrogens (tertiary/aromatic N) is 3. The van der Waals surface area contributed by atoms with Gasteiger partial charge in [0, 0.05) is 18.2 Å². The number of carbonyl (C=O) groups is 1. The highest BCUT2D eigenvalue weighted by molar-refractivity contribution is 6.19. The molecule has 7 nitrogen and oxygen atoms in total. The number of fused-ring (bicyclic) bond motifs is 1. The van der Waals surface area contributed by atoms with E-state index in [2.05, 4.69) is 15.7 Å². The number of benzodiazepines with no additional fused rings is 1. The summed E-state index contributed by atoms with van der Waals surface area (Å²) < 4.78 is 6.00. The maximum Gasteiger partial charge on any atom is 0.264 e. The molecule has 0 saturated carbocycles. The van der Waals surface area contributed by atoms with E-state index >= 15 is 0 Å². The number of aliphatic imine (C=N–C) groups is 1. The fraction of sp³-hybridized carbons (Fsp3) is 0.160. The van der Waals surface area contributed by atoms with E-state index in [4.69, 9.17) is 9.73 Å². The lowest BCUT2D eigenvalue weighted by molar-refractivity contribution is -0.119. The molecule has 2 aliphatic heterocycles. The molecular weight excluding hydrogens is 402 g/mol. The van der Waals surface area contributed by atoms with Crippen molar-refractivity contribution in [3.05, 3.63) is 102 Å². The van der Waals surface area contributed by atoms with Crippen molar-refractivity contribution in [2.45, 2.75) is 18.9 Å². The van der Waals surface area contributed by atoms with Gasteiger partial charge in [0.1, 0.15) is 0 Å². The number of carbonyl (C=O) groups excluding carboxylic acids is 1. The van der Waals surface area contributed by atoms with Crippen molar-refractivity contribution < 1.29 is 9.53 Å². The van der Waals surface area contributed by atoms with Crippen LogP contribution < -0.4 is 10.6 Å². The van der Waals surface area contributed by atoms with Crippen LogP contribution in [0.5, 0.6) is 0 Å². The van der Waals surface area contributed by atoms with E-state index in [0.717, 1.165) is 28.1 Å². The Hall–Kier alpha value is -3.97. The zero-order chi connectivity index (χ0) is 21.9. The fourth-order valence-corrected chi connectivity index (χ4v) is 3.78. The van der Waals surface area contributed by atoms with Gasteiger partial charge < -0.3 is 10.1 Å². The molecule has 0 fully saturated rings. The minimum Gasteiger partial charge on any atom is -0.440 e. The molecule has 7 heteroatoms. The molecule has 0 spiro atoms. The zero-order valence-corrected chi connectivity index (χ0v) is 17.6.